The zero-order valence-electron chi connectivity index (χ0n) is 4.89. The summed E-state index contributed by atoms with van der Waals surface area (Å²) in [6, 6.07) is 0. The Bertz CT molecular complexity index is 146. The van der Waals surface area contributed by atoms with E-state index in [2.05, 4.69) is 16.1 Å². The molecule has 0 unspecified atom stereocenters. The third-order valence-electron chi connectivity index (χ3n) is 1.18. The first-order chi connectivity index (χ1) is 3.77. The van der Waals surface area contributed by atoms with E-state index in [1.807, 2.05) is 6.92 Å². The molecule has 1 aliphatic rings. The minimum atomic E-state index is -0.0909. The Balaban J connectivity index is 2.14. The molecule has 0 aromatic heterocycles. The van der Waals surface area contributed by atoms with Crippen LogP contribution in [0.3, 0.4) is 0 Å². The second-order valence-corrected chi connectivity index (χ2v) is 2.12. The Hall–Kier alpha value is -0.840. The molecule has 2 heteroatoms. The molecule has 0 N–H and O–H groups in total. The van der Waals surface area contributed by atoms with Crippen LogP contribution in [0.5, 0.6) is 0 Å². The average molecular weight is 108 g/mol. The zero-order chi connectivity index (χ0) is 6.04. The van der Waals surface area contributed by atoms with E-state index in [1.165, 1.54) is 0 Å². The third kappa shape index (κ3) is 1.06. The highest BCUT2D eigenvalue weighted by Crippen LogP contribution is 2.31. The van der Waals surface area contributed by atoms with Gasteiger partial charge in [0.05, 0.1) is 0 Å². The minimum Gasteiger partial charge on any atom is -0.159 e. The second-order valence-electron chi connectivity index (χ2n) is 2.12. The van der Waals surface area contributed by atoms with Gasteiger partial charge in [-0.05, 0) is 6.92 Å². The average Bonchev–Trinajstić information content (AvgIpc) is 2.45. The number of hydrogen-bond acceptors (Lipinski definition) is 2. The molecule has 0 aromatic carbocycles. The topological polar surface area (TPSA) is 24.7 Å². The van der Waals surface area contributed by atoms with Gasteiger partial charge in [-0.2, -0.15) is 10.2 Å². The van der Waals surface area contributed by atoms with E-state index < -0.39 is 0 Å². The lowest BCUT2D eigenvalue weighted by atomic mass is 10.1. The van der Waals surface area contributed by atoms with Crippen LogP contribution in [0.1, 0.15) is 19.8 Å². The molecule has 0 saturated heterocycles. The Kier molecular flexibility index (Phi) is 1.05. The predicted octanol–water partition coefficient (Wildman–Crippen LogP) is 1.58. The minimum absolute atomic E-state index is 0.0909. The molecule has 0 aromatic rings. The molecule has 0 bridgehead atoms. The molecule has 0 atom stereocenters. The van der Waals surface area contributed by atoms with Crippen LogP contribution < -0.4 is 0 Å². The van der Waals surface area contributed by atoms with E-state index in [9.17, 15) is 0 Å². The van der Waals surface area contributed by atoms with Crippen molar-refractivity contribution in [2.24, 2.45) is 10.2 Å². The van der Waals surface area contributed by atoms with Crippen molar-refractivity contribution in [3.8, 4) is 12.3 Å². The fourth-order valence-corrected chi connectivity index (χ4v) is 0.494. The number of nitrogens with zero attached hydrogens (tertiary/aromatic N) is 2. The van der Waals surface area contributed by atoms with Gasteiger partial charge in [0.25, 0.3) is 0 Å². The maximum atomic E-state index is 5.03. The van der Waals surface area contributed by atoms with Crippen LogP contribution in [0, 0.1) is 12.3 Å². The van der Waals surface area contributed by atoms with Gasteiger partial charge < -0.3 is 0 Å². The van der Waals surface area contributed by atoms with E-state index in [0.717, 1.165) is 12.8 Å². The smallest absolute Gasteiger partial charge is 0.159 e. The van der Waals surface area contributed by atoms with Gasteiger partial charge in [0, 0.05) is 12.8 Å². The normalized spacial score (nSPS) is 20.0. The van der Waals surface area contributed by atoms with Crippen molar-refractivity contribution in [2.45, 2.75) is 25.4 Å². The molecule has 1 rings (SSSR count). The summed E-state index contributed by atoms with van der Waals surface area (Å²) in [6.07, 6.45) is 6.72. The second kappa shape index (κ2) is 1.59. The molecular formula is C6H8N2. The van der Waals surface area contributed by atoms with Gasteiger partial charge in [0.2, 0.25) is 0 Å². The van der Waals surface area contributed by atoms with Crippen LogP contribution in [0.4, 0.5) is 0 Å². The first kappa shape index (κ1) is 5.30. The summed E-state index contributed by atoms with van der Waals surface area (Å²) >= 11 is 0. The quantitative estimate of drug-likeness (QED) is 0.480. The van der Waals surface area contributed by atoms with Crippen molar-refractivity contribution in [3.05, 3.63) is 0 Å². The first-order valence-corrected chi connectivity index (χ1v) is 2.64. The lowest BCUT2D eigenvalue weighted by molar-refractivity contribution is 0.614. The van der Waals surface area contributed by atoms with Crippen LogP contribution in [0.2, 0.25) is 0 Å². The lowest BCUT2D eigenvalue weighted by Crippen LogP contribution is -2.01. The van der Waals surface area contributed by atoms with Gasteiger partial charge in [-0.15, -0.1) is 12.3 Å². The van der Waals surface area contributed by atoms with Crippen LogP contribution in [-0.2, 0) is 0 Å². The largest absolute Gasteiger partial charge is 0.189 e. The van der Waals surface area contributed by atoms with Crippen molar-refractivity contribution < 1.29 is 0 Å². The molecule has 0 radical (unpaired) electrons. The summed E-state index contributed by atoms with van der Waals surface area (Å²) in [5.74, 6) is 2.54. The standard InChI is InChI=1S/C6H8N2/c1-3-4-5-6(2)7-8-6/h1H,4-5H2,2H3. The molecule has 1 aliphatic heterocycles. The van der Waals surface area contributed by atoms with E-state index in [4.69, 9.17) is 6.42 Å². The summed E-state index contributed by atoms with van der Waals surface area (Å²) < 4.78 is 0. The molecule has 1 heterocycles. The van der Waals surface area contributed by atoms with E-state index in [-0.39, 0.29) is 5.66 Å². The van der Waals surface area contributed by atoms with E-state index in [1.54, 1.807) is 0 Å². The van der Waals surface area contributed by atoms with Gasteiger partial charge in [-0.25, -0.2) is 0 Å². The molecule has 0 amide bonds. The van der Waals surface area contributed by atoms with Crippen LogP contribution in [0.25, 0.3) is 0 Å². The van der Waals surface area contributed by atoms with Crippen LogP contribution in [0.15, 0.2) is 10.2 Å². The summed E-state index contributed by atoms with van der Waals surface area (Å²) in [5, 5.41) is 7.60. The monoisotopic (exact) mass is 108 g/mol. The van der Waals surface area contributed by atoms with E-state index in [0.29, 0.717) is 0 Å². The highest BCUT2D eigenvalue weighted by atomic mass is 15.4. The van der Waals surface area contributed by atoms with Crippen molar-refractivity contribution in [2.75, 3.05) is 0 Å². The first-order valence-electron chi connectivity index (χ1n) is 2.64. The molecule has 8 heavy (non-hydrogen) atoms. The molecule has 42 valence electrons. The molecular weight excluding hydrogens is 100 g/mol. The van der Waals surface area contributed by atoms with Gasteiger partial charge >= 0.3 is 0 Å². The fourth-order valence-electron chi connectivity index (χ4n) is 0.494. The predicted molar refractivity (Wildman–Crippen MR) is 31.3 cm³/mol. The molecule has 0 spiro atoms. The van der Waals surface area contributed by atoms with Gasteiger partial charge in [0.15, 0.2) is 5.66 Å². The number of terminal acetylenes is 1. The fraction of sp³-hybridized carbons (Fsp3) is 0.667. The molecule has 0 fully saturated rings. The lowest BCUT2D eigenvalue weighted by Gasteiger charge is -1.95. The van der Waals surface area contributed by atoms with Crippen LogP contribution >= 0.6 is 0 Å². The highest BCUT2D eigenvalue weighted by molar-refractivity contribution is 4.94. The zero-order valence-corrected chi connectivity index (χ0v) is 4.89. The molecule has 2 nitrogen and oxygen atoms in total. The number of hydrogen-bond donors (Lipinski definition) is 0. The van der Waals surface area contributed by atoms with Crippen molar-refractivity contribution in [3.63, 3.8) is 0 Å². The summed E-state index contributed by atoms with van der Waals surface area (Å²) in [5.41, 5.74) is -0.0909. The summed E-state index contributed by atoms with van der Waals surface area (Å²) in [7, 11) is 0. The maximum Gasteiger partial charge on any atom is 0.189 e. The highest BCUT2D eigenvalue weighted by Gasteiger charge is 2.32. The van der Waals surface area contributed by atoms with Gasteiger partial charge in [-0.3, -0.25) is 0 Å². The van der Waals surface area contributed by atoms with E-state index >= 15 is 0 Å². The Morgan fingerprint density at radius 2 is 2.25 bits per heavy atom. The molecule has 0 aliphatic carbocycles. The Morgan fingerprint density at radius 3 is 2.62 bits per heavy atom. The van der Waals surface area contributed by atoms with Crippen molar-refractivity contribution in [1.82, 2.24) is 0 Å². The summed E-state index contributed by atoms with van der Waals surface area (Å²) in [4.78, 5) is 0. The molecule has 0 saturated carbocycles. The van der Waals surface area contributed by atoms with Gasteiger partial charge in [0.1, 0.15) is 0 Å². The van der Waals surface area contributed by atoms with Crippen LogP contribution in [-0.4, -0.2) is 5.66 Å². The van der Waals surface area contributed by atoms with Crippen molar-refractivity contribution in [1.29, 1.82) is 0 Å². The SMILES string of the molecule is C#CCCC1(C)N=N1. The third-order valence-corrected chi connectivity index (χ3v) is 1.18. The Labute approximate surface area is 49.0 Å². The summed E-state index contributed by atoms with van der Waals surface area (Å²) in [6.45, 7) is 1.98. The number of rotatable bonds is 2. The maximum absolute atomic E-state index is 5.03. The van der Waals surface area contributed by atoms with Gasteiger partial charge in [-0.1, -0.05) is 0 Å². The van der Waals surface area contributed by atoms with Crippen molar-refractivity contribution >= 4 is 0 Å². The Morgan fingerprint density at radius 1 is 1.62 bits per heavy atom.